The van der Waals surface area contributed by atoms with E-state index in [-0.39, 0.29) is 11.0 Å². The Morgan fingerprint density at radius 2 is 1.64 bits per heavy atom. The molecule has 2 heteroatoms. The van der Waals surface area contributed by atoms with Gasteiger partial charge in [0.15, 0.2) is 0 Å². The summed E-state index contributed by atoms with van der Waals surface area (Å²) >= 11 is 0. The van der Waals surface area contributed by atoms with Crippen molar-refractivity contribution in [2.24, 2.45) is 5.92 Å². The van der Waals surface area contributed by atoms with Crippen molar-refractivity contribution in [1.82, 2.24) is 4.90 Å². The van der Waals surface area contributed by atoms with Gasteiger partial charge in [0, 0.05) is 6.42 Å². The molecule has 2 nitrogen and oxygen atoms in total. The van der Waals surface area contributed by atoms with E-state index in [4.69, 9.17) is 0 Å². The molecule has 22 heavy (non-hydrogen) atoms. The van der Waals surface area contributed by atoms with Gasteiger partial charge in [-0.15, -0.1) is 0 Å². The number of rotatable bonds is 3. The zero-order valence-corrected chi connectivity index (χ0v) is 14.8. The van der Waals surface area contributed by atoms with E-state index >= 15 is 0 Å². The number of nitrogens with zero attached hydrogens (tertiary/aromatic N) is 2. The molecule has 0 saturated carbocycles. The van der Waals surface area contributed by atoms with E-state index in [9.17, 15) is 5.26 Å². The van der Waals surface area contributed by atoms with Crippen molar-refractivity contribution in [2.45, 2.75) is 64.8 Å². The molecule has 1 aromatic carbocycles. The molecule has 1 unspecified atom stereocenters. The van der Waals surface area contributed by atoms with Crippen molar-refractivity contribution in [3.05, 3.63) is 35.4 Å². The first-order valence-electron chi connectivity index (χ1n) is 8.50. The first-order valence-corrected chi connectivity index (χ1v) is 8.50. The van der Waals surface area contributed by atoms with Gasteiger partial charge in [-0.25, -0.2) is 0 Å². The summed E-state index contributed by atoms with van der Waals surface area (Å²) in [5.74, 6) is 0.797. The molecule has 2 rings (SSSR count). The van der Waals surface area contributed by atoms with Crippen LogP contribution in [0.5, 0.6) is 0 Å². The topological polar surface area (TPSA) is 27.0 Å². The fourth-order valence-corrected chi connectivity index (χ4v) is 3.24. The number of piperidine rings is 1. The summed E-state index contributed by atoms with van der Waals surface area (Å²) in [5, 5.41) is 9.76. The van der Waals surface area contributed by atoms with Gasteiger partial charge in [0.2, 0.25) is 0 Å². The average Bonchev–Trinajstić information content (AvgIpc) is 2.47. The molecule has 1 saturated heterocycles. The maximum atomic E-state index is 9.76. The van der Waals surface area contributed by atoms with Gasteiger partial charge in [0.1, 0.15) is 5.54 Å². The Labute approximate surface area is 136 Å². The third kappa shape index (κ3) is 3.90. The summed E-state index contributed by atoms with van der Waals surface area (Å²) in [6.07, 6.45) is 3.22. The van der Waals surface area contributed by atoms with E-state index in [1.165, 1.54) is 24.0 Å². The second-order valence-corrected chi connectivity index (χ2v) is 8.18. The van der Waals surface area contributed by atoms with Crippen LogP contribution < -0.4 is 0 Å². The fraction of sp³-hybridized carbons (Fsp3) is 0.650. The molecule has 0 bridgehead atoms. The summed E-state index contributed by atoms with van der Waals surface area (Å²) in [5.41, 5.74) is 2.40. The molecule has 1 aliphatic heterocycles. The Hall–Kier alpha value is -1.33. The highest BCUT2D eigenvalue weighted by atomic mass is 15.2. The number of hydrogen-bond acceptors (Lipinski definition) is 2. The summed E-state index contributed by atoms with van der Waals surface area (Å²) in [7, 11) is 0. The van der Waals surface area contributed by atoms with Gasteiger partial charge < -0.3 is 0 Å². The molecule has 1 aromatic rings. The van der Waals surface area contributed by atoms with Gasteiger partial charge in [-0.3, -0.25) is 4.90 Å². The Bertz CT molecular complexity index is 524. The predicted molar refractivity (Wildman–Crippen MR) is 92.8 cm³/mol. The molecule has 0 aromatic heterocycles. The Balaban J connectivity index is 2.11. The highest BCUT2D eigenvalue weighted by Crippen LogP contribution is 2.28. The Kier molecular flexibility index (Phi) is 4.97. The second-order valence-electron chi connectivity index (χ2n) is 8.18. The lowest BCUT2D eigenvalue weighted by Gasteiger charge is -2.40. The zero-order chi connectivity index (χ0) is 16.4. The molecule has 0 amide bonds. The molecule has 0 radical (unpaired) electrons. The maximum absolute atomic E-state index is 9.76. The minimum atomic E-state index is -0.386. The quantitative estimate of drug-likeness (QED) is 0.819. The summed E-state index contributed by atoms with van der Waals surface area (Å²) in [4.78, 5) is 2.38. The second kappa shape index (κ2) is 6.42. The molecule has 1 fully saturated rings. The van der Waals surface area contributed by atoms with Crippen LogP contribution in [0, 0.1) is 17.2 Å². The number of benzene rings is 1. The van der Waals surface area contributed by atoms with Crippen LogP contribution in [-0.2, 0) is 11.8 Å². The van der Waals surface area contributed by atoms with Crippen LogP contribution in [0.2, 0.25) is 0 Å². The van der Waals surface area contributed by atoms with E-state index in [2.05, 4.69) is 69.9 Å². The van der Waals surface area contributed by atoms with E-state index < -0.39 is 0 Å². The van der Waals surface area contributed by atoms with Crippen molar-refractivity contribution < 1.29 is 0 Å². The normalized spacial score (nSPS) is 20.4. The van der Waals surface area contributed by atoms with Gasteiger partial charge >= 0.3 is 0 Å². The highest BCUT2D eigenvalue weighted by Gasteiger charge is 2.34. The number of hydrogen-bond donors (Lipinski definition) is 0. The molecule has 1 atom stereocenters. The highest BCUT2D eigenvalue weighted by molar-refractivity contribution is 5.29. The van der Waals surface area contributed by atoms with E-state index in [0.717, 1.165) is 25.4 Å². The Morgan fingerprint density at radius 1 is 1.09 bits per heavy atom. The molecule has 0 aliphatic carbocycles. The molecular formula is C20H30N2. The molecule has 1 heterocycles. The van der Waals surface area contributed by atoms with Crippen molar-refractivity contribution in [1.29, 1.82) is 5.26 Å². The SMILES string of the molecule is CC1CCN(C(C)(C#N)Cc2ccc(C(C)(C)C)cc2)CC1. The van der Waals surface area contributed by atoms with Crippen LogP contribution in [0.1, 0.15) is 58.6 Å². The first-order chi connectivity index (χ1) is 10.2. The van der Waals surface area contributed by atoms with Crippen molar-refractivity contribution in [3.63, 3.8) is 0 Å². The summed E-state index contributed by atoms with van der Waals surface area (Å²) in [6.45, 7) is 13.2. The minimum Gasteiger partial charge on any atom is -0.285 e. The van der Waals surface area contributed by atoms with Crippen LogP contribution in [0.4, 0.5) is 0 Å². The first kappa shape index (κ1) is 17.0. The van der Waals surface area contributed by atoms with Crippen LogP contribution in [0.25, 0.3) is 0 Å². The smallest absolute Gasteiger partial charge is 0.110 e. The van der Waals surface area contributed by atoms with Crippen molar-refractivity contribution >= 4 is 0 Å². The standard InChI is InChI=1S/C20H30N2/c1-16-10-12-22(13-11-16)20(5,15-21)14-17-6-8-18(9-7-17)19(2,3)4/h6-9,16H,10-14H2,1-5H3. The minimum absolute atomic E-state index is 0.181. The van der Waals surface area contributed by atoms with Gasteiger partial charge in [0.25, 0.3) is 0 Å². The Morgan fingerprint density at radius 3 is 2.09 bits per heavy atom. The molecule has 1 aliphatic rings. The van der Waals surface area contributed by atoms with Crippen LogP contribution in [0.3, 0.4) is 0 Å². The van der Waals surface area contributed by atoms with Crippen LogP contribution in [-0.4, -0.2) is 23.5 Å². The molecule has 0 N–H and O–H groups in total. The third-order valence-electron chi connectivity index (χ3n) is 5.09. The van der Waals surface area contributed by atoms with Gasteiger partial charge in [-0.05, 0) is 55.3 Å². The largest absolute Gasteiger partial charge is 0.285 e. The summed E-state index contributed by atoms with van der Waals surface area (Å²) in [6, 6.07) is 11.4. The number of nitriles is 1. The lowest BCUT2D eigenvalue weighted by atomic mass is 9.84. The maximum Gasteiger partial charge on any atom is 0.110 e. The zero-order valence-electron chi connectivity index (χ0n) is 14.8. The van der Waals surface area contributed by atoms with Crippen molar-refractivity contribution in [3.8, 4) is 6.07 Å². The van der Waals surface area contributed by atoms with Gasteiger partial charge in [0.05, 0.1) is 6.07 Å². The molecular weight excluding hydrogens is 268 g/mol. The van der Waals surface area contributed by atoms with E-state index in [1.807, 2.05) is 0 Å². The lowest BCUT2D eigenvalue weighted by molar-refractivity contribution is 0.103. The van der Waals surface area contributed by atoms with Crippen molar-refractivity contribution in [2.75, 3.05) is 13.1 Å². The number of likely N-dealkylation sites (tertiary alicyclic amines) is 1. The van der Waals surface area contributed by atoms with E-state index in [1.54, 1.807) is 0 Å². The van der Waals surface area contributed by atoms with Gasteiger partial charge in [-0.2, -0.15) is 5.26 Å². The van der Waals surface area contributed by atoms with Gasteiger partial charge in [-0.1, -0.05) is 52.0 Å². The average molecular weight is 298 g/mol. The molecule has 120 valence electrons. The lowest BCUT2D eigenvalue weighted by Crippen LogP contribution is -2.50. The fourth-order valence-electron chi connectivity index (χ4n) is 3.24. The monoisotopic (exact) mass is 298 g/mol. The predicted octanol–water partition coefficient (Wildman–Crippen LogP) is 4.54. The third-order valence-corrected chi connectivity index (χ3v) is 5.09. The van der Waals surface area contributed by atoms with Crippen LogP contribution in [0.15, 0.2) is 24.3 Å². The van der Waals surface area contributed by atoms with E-state index in [0.29, 0.717) is 0 Å². The van der Waals surface area contributed by atoms with Crippen LogP contribution >= 0.6 is 0 Å². The molecule has 0 spiro atoms. The summed E-state index contributed by atoms with van der Waals surface area (Å²) < 4.78 is 0.